The number of ether oxygens (including phenoxy) is 2. The Morgan fingerprint density at radius 3 is 1.11 bits per heavy atom. The Balaban J connectivity index is 0.888. The molecule has 0 radical (unpaired) electrons. The van der Waals surface area contributed by atoms with E-state index in [1.54, 1.807) is 0 Å². The molecule has 0 saturated carbocycles. The monoisotopic (exact) mass is 1030 g/mol. The van der Waals surface area contributed by atoms with Crippen molar-refractivity contribution in [1.29, 1.82) is 0 Å². The second-order valence-corrected chi connectivity index (χ2v) is 21.2. The number of benzene rings is 13. The Bertz CT molecular complexity index is 4700. The summed E-state index contributed by atoms with van der Waals surface area (Å²) in [5.41, 5.74) is 16.3. The number of nitrogens with zero attached hydrogens (tertiary/aromatic N) is 4. The predicted molar refractivity (Wildman–Crippen MR) is 337 cm³/mol. The van der Waals surface area contributed by atoms with E-state index in [4.69, 9.17) is 9.47 Å². The van der Waals surface area contributed by atoms with Crippen molar-refractivity contribution < 1.29 is 9.47 Å². The first kappa shape index (κ1) is 45.3. The number of hydrogen-bond donors (Lipinski definition) is 0. The maximum absolute atomic E-state index is 7.09. The van der Waals surface area contributed by atoms with Crippen molar-refractivity contribution in [2.75, 3.05) is 9.80 Å². The molecule has 0 amide bonds. The highest BCUT2D eigenvalue weighted by Gasteiger charge is 2.41. The van der Waals surface area contributed by atoms with Crippen LogP contribution in [0.1, 0.15) is 0 Å². The normalized spacial score (nSPS) is 12.4. The average molecular weight is 1040 g/mol. The van der Waals surface area contributed by atoms with E-state index in [0.717, 1.165) is 128 Å². The first-order chi connectivity index (χ1) is 40.2. The third-order valence-electron chi connectivity index (χ3n) is 16.7. The molecule has 81 heavy (non-hydrogen) atoms. The topological polar surface area (TPSA) is 34.8 Å². The summed E-state index contributed by atoms with van der Waals surface area (Å²) in [5.74, 6) is 3.29. The van der Waals surface area contributed by atoms with Crippen LogP contribution in [0.2, 0.25) is 0 Å². The zero-order valence-corrected chi connectivity index (χ0v) is 43.8. The van der Waals surface area contributed by atoms with Gasteiger partial charge >= 0.3 is 0 Å². The van der Waals surface area contributed by atoms with Gasteiger partial charge < -0.3 is 28.4 Å². The molecule has 0 spiro atoms. The first-order valence-electron chi connectivity index (χ1n) is 27.7. The first-order valence-corrected chi connectivity index (χ1v) is 27.7. The summed E-state index contributed by atoms with van der Waals surface area (Å²) in [4.78, 5) is 4.78. The highest BCUT2D eigenvalue weighted by Crippen LogP contribution is 2.46. The molecule has 378 valence electrons. The van der Waals surface area contributed by atoms with Gasteiger partial charge in [0.15, 0.2) is 0 Å². The second-order valence-electron chi connectivity index (χ2n) is 21.2. The van der Waals surface area contributed by atoms with E-state index in [1.165, 1.54) is 21.5 Å². The van der Waals surface area contributed by atoms with Gasteiger partial charge in [-0.2, -0.15) is 0 Å². The Labute approximate surface area is 467 Å². The average Bonchev–Trinajstić information content (AvgIpc) is 4.23. The van der Waals surface area contributed by atoms with Crippen LogP contribution in [-0.2, 0) is 0 Å². The number of anilines is 6. The number of hydrogen-bond acceptors (Lipinski definition) is 4. The molecule has 0 bridgehead atoms. The van der Waals surface area contributed by atoms with Gasteiger partial charge in [-0.3, -0.25) is 0 Å². The SMILES string of the molecule is c1ccc(N(c2ccc3c4cc5c(cc4n(-c4ccccc4)c3c2)B2c3cc4c(cc3Oc3cccc(c32)O5)c2ccc(N(c3ccccc3)c3cccc5ccccc35)cc2n4-c2ccccc2)c2cccc3ccccc23)cc1. The van der Waals surface area contributed by atoms with Gasteiger partial charge in [0.25, 0.3) is 6.71 Å². The van der Waals surface area contributed by atoms with Crippen LogP contribution in [0.5, 0.6) is 23.0 Å². The van der Waals surface area contributed by atoms with Crippen LogP contribution >= 0.6 is 0 Å². The zero-order chi connectivity index (χ0) is 53.1. The minimum absolute atomic E-state index is 0.201. The Morgan fingerprint density at radius 1 is 0.272 bits per heavy atom. The lowest BCUT2D eigenvalue weighted by molar-refractivity contribution is 0.465. The van der Waals surface area contributed by atoms with Gasteiger partial charge in [-0.1, -0.05) is 164 Å². The van der Waals surface area contributed by atoms with Crippen LogP contribution in [-0.4, -0.2) is 15.8 Å². The summed E-state index contributed by atoms with van der Waals surface area (Å²) >= 11 is 0. The second kappa shape index (κ2) is 17.9. The molecule has 15 aromatic rings. The maximum Gasteiger partial charge on any atom is 0.260 e. The van der Waals surface area contributed by atoms with E-state index in [9.17, 15) is 0 Å². The van der Waals surface area contributed by atoms with Crippen LogP contribution in [0.15, 0.2) is 285 Å². The molecule has 0 aliphatic carbocycles. The van der Waals surface area contributed by atoms with Crippen LogP contribution in [0.3, 0.4) is 0 Å². The molecule has 2 aliphatic rings. The summed E-state index contributed by atoms with van der Waals surface area (Å²) < 4.78 is 19.0. The summed E-state index contributed by atoms with van der Waals surface area (Å²) in [7, 11) is 0. The minimum Gasteiger partial charge on any atom is -0.458 e. The van der Waals surface area contributed by atoms with Gasteiger partial charge in [0.2, 0.25) is 0 Å². The van der Waals surface area contributed by atoms with E-state index < -0.39 is 0 Å². The van der Waals surface area contributed by atoms with E-state index in [0.29, 0.717) is 0 Å². The lowest BCUT2D eigenvalue weighted by Gasteiger charge is -2.33. The quantitative estimate of drug-likeness (QED) is 0.142. The largest absolute Gasteiger partial charge is 0.458 e. The van der Waals surface area contributed by atoms with E-state index >= 15 is 0 Å². The molecular formula is C74H47BN4O2. The molecule has 0 unspecified atom stereocenters. The highest BCUT2D eigenvalue weighted by atomic mass is 16.5. The van der Waals surface area contributed by atoms with Crippen molar-refractivity contribution in [3.05, 3.63) is 285 Å². The lowest BCUT2D eigenvalue weighted by atomic mass is 9.35. The van der Waals surface area contributed by atoms with Gasteiger partial charge in [-0.05, 0) is 143 Å². The predicted octanol–water partition coefficient (Wildman–Crippen LogP) is 17.9. The summed E-state index contributed by atoms with van der Waals surface area (Å²) in [6.45, 7) is -0.201. The lowest BCUT2D eigenvalue weighted by Crippen LogP contribution is -2.57. The van der Waals surface area contributed by atoms with Crippen molar-refractivity contribution in [3.63, 3.8) is 0 Å². The van der Waals surface area contributed by atoms with Crippen molar-refractivity contribution in [2.24, 2.45) is 0 Å². The summed E-state index contributed by atoms with van der Waals surface area (Å²) in [6, 6.07) is 103. The van der Waals surface area contributed by atoms with Gasteiger partial charge in [-0.15, -0.1) is 0 Å². The smallest absolute Gasteiger partial charge is 0.260 e. The fourth-order valence-corrected chi connectivity index (χ4v) is 13.2. The standard InChI is InChI=1S/C74H47BN4O2/c1-5-24-50(25-6-1)76(64-34-17-22-48-20-13-15-32-56(48)64)54-38-40-58-60-44-72-62(46-68(60)78(66(58)42-54)52-28-9-3-10-29-52)75-63-47-69-61(45-73(63)81-71-37-19-36-70(80-72)74(71)75)59-41-39-55(43-67(59)79(69)53-30-11-4-12-31-53)77(51-26-7-2-8-27-51)65-35-18-23-49-21-14-16-33-57(49)65/h1-47H. The summed E-state index contributed by atoms with van der Waals surface area (Å²) in [6.07, 6.45) is 0. The number of para-hydroxylation sites is 4. The molecule has 13 aromatic carbocycles. The molecule has 7 heteroatoms. The van der Waals surface area contributed by atoms with Crippen molar-refractivity contribution >= 4 is 122 Å². The van der Waals surface area contributed by atoms with Crippen LogP contribution in [0.4, 0.5) is 34.1 Å². The molecule has 0 N–H and O–H groups in total. The summed E-state index contributed by atoms with van der Waals surface area (Å²) in [5, 5.41) is 9.27. The Hall–Kier alpha value is -10.8. The molecule has 0 atom stereocenters. The fourth-order valence-electron chi connectivity index (χ4n) is 13.2. The molecule has 2 aliphatic heterocycles. The van der Waals surface area contributed by atoms with Gasteiger partial charge in [0, 0.05) is 71.9 Å². The molecule has 4 heterocycles. The highest BCUT2D eigenvalue weighted by molar-refractivity contribution is 6.98. The maximum atomic E-state index is 7.09. The van der Waals surface area contributed by atoms with E-state index in [-0.39, 0.29) is 6.71 Å². The van der Waals surface area contributed by atoms with Crippen molar-refractivity contribution in [3.8, 4) is 34.4 Å². The molecule has 0 saturated heterocycles. The number of fused-ring (bicyclic) bond motifs is 12. The van der Waals surface area contributed by atoms with Crippen LogP contribution in [0.25, 0.3) is 76.5 Å². The van der Waals surface area contributed by atoms with Gasteiger partial charge in [-0.25, -0.2) is 0 Å². The van der Waals surface area contributed by atoms with Crippen molar-refractivity contribution in [1.82, 2.24) is 9.13 Å². The van der Waals surface area contributed by atoms with E-state index in [2.05, 4.69) is 298 Å². The van der Waals surface area contributed by atoms with Crippen molar-refractivity contribution in [2.45, 2.75) is 0 Å². The molecular weight excluding hydrogens is 988 g/mol. The number of aromatic nitrogens is 2. The third kappa shape index (κ3) is 7.02. The molecule has 0 fully saturated rings. The zero-order valence-electron chi connectivity index (χ0n) is 43.8. The Kier molecular flexibility index (Phi) is 10.0. The number of rotatable bonds is 8. The van der Waals surface area contributed by atoms with E-state index in [1.807, 2.05) is 6.07 Å². The third-order valence-corrected chi connectivity index (χ3v) is 16.7. The molecule has 6 nitrogen and oxygen atoms in total. The minimum atomic E-state index is -0.201. The Morgan fingerprint density at radius 2 is 0.654 bits per heavy atom. The van der Waals surface area contributed by atoms with Gasteiger partial charge in [0.1, 0.15) is 23.0 Å². The van der Waals surface area contributed by atoms with Crippen LogP contribution in [0, 0.1) is 0 Å². The fraction of sp³-hybridized carbons (Fsp3) is 0. The van der Waals surface area contributed by atoms with Crippen LogP contribution < -0.4 is 35.7 Å². The van der Waals surface area contributed by atoms with Gasteiger partial charge in [0.05, 0.1) is 33.4 Å². The molecule has 17 rings (SSSR count). The molecule has 2 aromatic heterocycles.